The number of benzene rings is 1. The number of ether oxygens (including phenoxy) is 2. The van der Waals surface area contributed by atoms with Crippen molar-refractivity contribution in [3.05, 3.63) is 22.3 Å². The number of hydrogen-bond donors (Lipinski definition) is 2. The highest BCUT2D eigenvalue weighted by atomic mass is 16.6. The molecule has 8 heteroatoms. The van der Waals surface area contributed by atoms with Gasteiger partial charge in [-0.1, -0.05) is 0 Å². The Morgan fingerprint density at radius 2 is 1.15 bits per heavy atom. The van der Waals surface area contributed by atoms with E-state index in [9.17, 15) is 19.2 Å². The maximum atomic E-state index is 11.2. The highest BCUT2D eigenvalue weighted by Gasteiger charge is 2.29. The van der Waals surface area contributed by atoms with E-state index in [1.54, 1.807) is 0 Å². The van der Waals surface area contributed by atoms with Crippen molar-refractivity contribution in [2.24, 2.45) is 0 Å². The van der Waals surface area contributed by atoms with Crippen molar-refractivity contribution in [3.8, 4) is 11.5 Å². The molecule has 0 aliphatic heterocycles. The second-order valence-corrected chi connectivity index (χ2v) is 3.70. The fourth-order valence-corrected chi connectivity index (χ4v) is 1.86. The summed E-state index contributed by atoms with van der Waals surface area (Å²) in [5.74, 6) is -3.63. The molecule has 106 valence electrons. The van der Waals surface area contributed by atoms with Gasteiger partial charge in [-0.05, 0) is 13.8 Å². The van der Waals surface area contributed by atoms with E-state index >= 15 is 0 Å². The van der Waals surface area contributed by atoms with E-state index in [1.165, 1.54) is 13.8 Å². The molecule has 0 aliphatic carbocycles. The molecule has 0 fully saturated rings. The lowest BCUT2D eigenvalue weighted by atomic mass is 9.95. The number of carboxylic acid groups (broad SMARTS) is 2. The fraction of sp³-hybridized carbons (Fsp3) is 0.167. The van der Waals surface area contributed by atoms with Gasteiger partial charge in [0.05, 0.1) is 11.1 Å². The smallest absolute Gasteiger partial charge is 0.336 e. The molecule has 0 unspecified atom stereocenters. The molecule has 1 aromatic rings. The molecule has 0 radical (unpaired) electrons. The molecule has 0 saturated carbocycles. The second kappa shape index (κ2) is 5.83. The van der Waals surface area contributed by atoms with Gasteiger partial charge in [0.2, 0.25) is 0 Å². The highest BCUT2D eigenvalue weighted by Crippen LogP contribution is 2.39. The Hall–Kier alpha value is -2.90. The fourth-order valence-electron chi connectivity index (χ4n) is 1.86. The van der Waals surface area contributed by atoms with Gasteiger partial charge in [-0.3, -0.25) is 9.59 Å². The Morgan fingerprint density at radius 3 is 1.35 bits per heavy atom. The predicted molar refractivity (Wildman–Crippen MR) is 63.2 cm³/mol. The molecule has 20 heavy (non-hydrogen) atoms. The molecular weight excluding hydrogens is 272 g/mol. The molecule has 1 rings (SSSR count). The average molecular weight is 282 g/mol. The van der Waals surface area contributed by atoms with Gasteiger partial charge in [0.15, 0.2) is 11.5 Å². The van der Waals surface area contributed by atoms with Crippen LogP contribution in [-0.2, 0) is 9.59 Å². The third-order valence-electron chi connectivity index (χ3n) is 2.65. The molecule has 2 N–H and O–H groups in total. The zero-order chi connectivity index (χ0) is 15.4. The number of rotatable bonds is 6. The van der Waals surface area contributed by atoms with Crippen LogP contribution >= 0.6 is 0 Å². The molecule has 0 heterocycles. The van der Waals surface area contributed by atoms with Crippen molar-refractivity contribution >= 4 is 24.9 Å². The molecule has 0 bridgehead atoms. The molecule has 0 spiro atoms. The molecular formula is C12H10O8. The summed E-state index contributed by atoms with van der Waals surface area (Å²) in [6.07, 6.45) is 0. The van der Waals surface area contributed by atoms with Crippen LogP contribution in [0.2, 0.25) is 0 Å². The first-order valence-electron chi connectivity index (χ1n) is 5.21. The first-order chi connectivity index (χ1) is 9.36. The van der Waals surface area contributed by atoms with E-state index < -0.39 is 23.1 Å². The lowest BCUT2D eigenvalue weighted by Gasteiger charge is -2.16. The van der Waals surface area contributed by atoms with Crippen molar-refractivity contribution in [1.82, 2.24) is 0 Å². The maximum absolute atomic E-state index is 11.2. The Labute approximate surface area is 112 Å². The van der Waals surface area contributed by atoms with Crippen LogP contribution in [0.25, 0.3) is 0 Å². The van der Waals surface area contributed by atoms with Crippen molar-refractivity contribution in [2.75, 3.05) is 0 Å². The van der Waals surface area contributed by atoms with E-state index in [1.807, 2.05) is 0 Å². The van der Waals surface area contributed by atoms with Gasteiger partial charge >= 0.3 is 11.9 Å². The molecule has 0 atom stereocenters. The third kappa shape index (κ3) is 2.44. The van der Waals surface area contributed by atoms with E-state index in [0.29, 0.717) is 0 Å². The SMILES string of the molecule is Cc1c(OC=O)c(OC=O)c(C)c(C(=O)O)c1C(=O)O. The number of aromatic carboxylic acids is 2. The maximum Gasteiger partial charge on any atom is 0.336 e. The third-order valence-corrected chi connectivity index (χ3v) is 2.65. The minimum absolute atomic E-state index is 0.0194. The summed E-state index contributed by atoms with van der Waals surface area (Å²) < 4.78 is 9.21. The second-order valence-electron chi connectivity index (χ2n) is 3.70. The van der Waals surface area contributed by atoms with Gasteiger partial charge in [-0.2, -0.15) is 0 Å². The van der Waals surface area contributed by atoms with E-state index in [-0.39, 0.29) is 35.6 Å². The lowest BCUT2D eigenvalue weighted by Crippen LogP contribution is -2.15. The Bertz CT molecular complexity index is 549. The van der Waals surface area contributed by atoms with E-state index in [4.69, 9.17) is 10.2 Å². The summed E-state index contributed by atoms with van der Waals surface area (Å²) in [5, 5.41) is 18.2. The molecule has 0 aromatic heterocycles. The average Bonchev–Trinajstić information content (AvgIpc) is 2.36. The van der Waals surface area contributed by atoms with Crippen molar-refractivity contribution in [3.63, 3.8) is 0 Å². The minimum atomic E-state index is -1.50. The monoisotopic (exact) mass is 282 g/mol. The highest BCUT2D eigenvalue weighted by molar-refractivity contribution is 6.05. The van der Waals surface area contributed by atoms with Gasteiger partial charge in [0.25, 0.3) is 12.9 Å². The first-order valence-corrected chi connectivity index (χ1v) is 5.21. The number of hydrogen-bond acceptors (Lipinski definition) is 6. The minimum Gasteiger partial charge on any atom is -0.478 e. The van der Waals surface area contributed by atoms with E-state index in [2.05, 4.69) is 9.47 Å². The van der Waals surface area contributed by atoms with Crippen LogP contribution in [-0.4, -0.2) is 35.1 Å². The first kappa shape index (κ1) is 15.2. The molecule has 0 amide bonds. The standard InChI is InChI=1S/C12H10O8/c1-5-7(11(15)16)8(12(17)18)6(2)10(20-4-14)9(5)19-3-13/h3-4H,1-2H3,(H,15,16)(H,17,18). The Balaban J connectivity index is 3.87. The summed E-state index contributed by atoms with van der Waals surface area (Å²) in [6.45, 7) is 2.52. The zero-order valence-electron chi connectivity index (χ0n) is 10.5. The van der Waals surface area contributed by atoms with Gasteiger partial charge in [0.1, 0.15) is 0 Å². The van der Waals surface area contributed by atoms with Crippen LogP contribution in [0.3, 0.4) is 0 Å². The zero-order valence-corrected chi connectivity index (χ0v) is 10.5. The van der Waals surface area contributed by atoms with Crippen LogP contribution in [0.5, 0.6) is 11.5 Å². The van der Waals surface area contributed by atoms with Crippen LogP contribution in [0.15, 0.2) is 0 Å². The van der Waals surface area contributed by atoms with Crippen LogP contribution < -0.4 is 9.47 Å². The summed E-state index contributed by atoms with van der Waals surface area (Å²) in [7, 11) is 0. The van der Waals surface area contributed by atoms with Crippen LogP contribution in [0, 0.1) is 13.8 Å². The summed E-state index contributed by atoms with van der Waals surface area (Å²) in [5.41, 5.74) is -1.34. The summed E-state index contributed by atoms with van der Waals surface area (Å²) in [6, 6.07) is 0. The van der Waals surface area contributed by atoms with Gasteiger partial charge in [0, 0.05) is 11.1 Å². The van der Waals surface area contributed by atoms with Gasteiger partial charge in [-0.25, -0.2) is 9.59 Å². The molecule has 1 aromatic carbocycles. The number of carbonyl (C=O) groups excluding carboxylic acids is 2. The number of carbonyl (C=O) groups is 4. The predicted octanol–water partition coefficient (Wildman–Crippen LogP) is 0.770. The lowest BCUT2D eigenvalue weighted by molar-refractivity contribution is -0.123. The molecule has 8 nitrogen and oxygen atoms in total. The Kier molecular flexibility index (Phi) is 4.42. The molecule has 0 aliphatic rings. The van der Waals surface area contributed by atoms with Crippen molar-refractivity contribution in [2.45, 2.75) is 13.8 Å². The van der Waals surface area contributed by atoms with E-state index in [0.717, 1.165) is 0 Å². The Morgan fingerprint density at radius 1 is 0.850 bits per heavy atom. The van der Waals surface area contributed by atoms with Crippen molar-refractivity contribution < 1.29 is 38.9 Å². The van der Waals surface area contributed by atoms with Gasteiger partial charge < -0.3 is 19.7 Å². The van der Waals surface area contributed by atoms with Gasteiger partial charge in [-0.15, -0.1) is 0 Å². The summed E-state index contributed by atoms with van der Waals surface area (Å²) in [4.78, 5) is 43.3. The largest absolute Gasteiger partial charge is 0.478 e. The van der Waals surface area contributed by atoms with Crippen molar-refractivity contribution in [1.29, 1.82) is 0 Å². The molecule has 0 saturated heterocycles. The van der Waals surface area contributed by atoms with Crippen LogP contribution in [0.1, 0.15) is 31.8 Å². The quantitative estimate of drug-likeness (QED) is 0.732. The number of carboxylic acids is 2. The normalized spacial score (nSPS) is 9.70. The topological polar surface area (TPSA) is 127 Å². The summed E-state index contributed by atoms with van der Waals surface area (Å²) >= 11 is 0. The van der Waals surface area contributed by atoms with Crippen LogP contribution in [0.4, 0.5) is 0 Å².